The lowest BCUT2D eigenvalue weighted by Crippen LogP contribution is -2.52. The van der Waals surface area contributed by atoms with E-state index >= 15 is 0 Å². The molecule has 1 N–H and O–H groups in total. The largest absolute Gasteiger partial charge is 0.465 e. The molecule has 6 heteroatoms. The van der Waals surface area contributed by atoms with E-state index in [0.29, 0.717) is 11.1 Å². The van der Waals surface area contributed by atoms with E-state index in [4.69, 9.17) is 4.74 Å². The van der Waals surface area contributed by atoms with Gasteiger partial charge in [0.1, 0.15) is 0 Å². The van der Waals surface area contributed by atoms with Crippen LogP contribution < -0.4 is 0 Å². The summed E-state index contributed by atoms with van der Waals surface area (Å²) in [7, 11) is -2.38. The van der Waals surface area contributed by atoms with Crippen LogP contribution in [0.2, 0.25) is 0 Å². The number of methoxy groups -OCH3 is 1. The summed E-state index contributed by atoms with van der Waals surface area (Å²) < 4.78 is 30.5. The Labute approximate surface area is 180 Å². The molecule has 1 aliphatic heterocycles. The number of hydrogen-bond donors (Lipinski definition) is 1. The van der Waals surface area contributed by atoms with Gasteiger partial charge in [0.2, 0.25) is 0 Å². The Hall–Kier alpha value is -2.18. The number of carbonyl (C=O) groups is 1. The summed E-state index contributed by atoms with van der Waals surface area (Å²) in [5, 5.41) is 11.4. The van der Waals surface area contributed by atoms with Gasteiger partial charge in [-0.1, -0.05) is 58.0 Å². The molecule has 3 rings (SSSR count). The number of benzene rings is 2. The number of fused-ring (bicyclic) bond motifs is 1. The van der Waals surface area contributed by atoms with Crippen LogP contribution in [0, 0.1) is 5.41 Å². The molecule has 2 aromatic carbocycles. The van der Waals surface area contributed by atoms with E-state index in [1.165, 1.54) is 7.11 Å². The minimum absolute atomic E-state index is 0.242. The Balaban J connectivity index is 0.00000155. The smallest absolute Gasteiger partial charge is 0.337 e. The van der Waals surface area contributed by atoms with Gasteiger partial charge in [-0.2, -0.15) is 0 Å². The van der Waals surface area contributed by atoms with E-state index in [0.717, 1.165) is 5.56 Å². The average molecular weight is 433 g/mol. The van der Waals surface area contributed by atoms with Crippen LogP contribution in [0.5, 0.6) is 0 Å². The summed E-state index contributed by atoms with van der Waals surface area (Å²) in [6, 6.07) is 13.6. The van der Waals surface area contributed by atoms with Gasteiger partial charge in [-0.15, -0.1) is 0 Å². The second-order valence-electron chi connectivity index (χ2n) is 8.31. The average Bonchev–Trinajstić information content (AvgIpc) is 2.77. The van der Waals surface area contributed by atoms with Crippen molar-refractivity contribution in [2.45, 2.75) is 63.2 Å². The summed E-state index contributed by atoms with van der Waals surface area (Å²) in [5.74, 6) is -0.994. The zero-order valence-electron chi connectivity index (χ0n) is 18.8. The van der Waals surface area contributed by atoms with Gasteiger partial charge in [0.25, 0.3) is 0 Å². The molecule has 5 nitrogen and oxygen atoms in total. The fourth-order valence-corrected chi connectivity index (χ4v) is 5.98. The topological polar surface area (TPSA) is 80.7 Å². The Morgan fingerprint density at radius 1 is 0.967 bits per heavy atom. The minimum atomic E-state index is -3.70. The summed E-state index contributed by atoms with van der Waals surface area (Å²) >= 11 is 0. The molecule has 1 heterocycles. The number of aliphatic hydroxyl groups excluding tert-OH is 1. The fourth-order valence-electron chi connectivity index (χ4n) is 3.85. The SMILES string of the molecule is CC.COC(=O)c1ccc([C@H]2c3ccccc3S(=O)(=O)C(C)(C)C(C)(C)C2O)cc1. The maximum Gasteiger partial charge on any atom is 0.337 e. The first-order valence-corrected chi connectivity index (χ1v) is 11.6. The molecule has 0 fully saturated rings. The molecule has 30 heavy (non-hydrogen) atoms. The van der Waals surface area contributed by atoms with Gasteiger partial charge in [-0.05, 0) is 43.2 Å². The molecule has 0 saturated carbocycles. The predicted molar refractivity (Wildman–Crippen MR) is 118 cm³/mol. The molecule has 2 aromatic rings. The number of rotatable bonds is 2. The van der Waals surface area contributed by atoms with Crippen molar-refractivity contribution in [2.24, 2.45) is 5.41 Å². The first-order valence-electron chi connectivity index (χ1n) is 10.2. The monoisotopic (exact) mass is 432 g/mol. The molecular formula is C24H32O5S. The van der Waals surface area contributed by atoms with Gasteiger partial charge < -0.3 is 9.84 Å². The number of aliphatic hydroxyl groups is 1. The van der Waals surface area contributed by atoms with Crippen LogP contribution in [0.1, 0.15) is 68.9 Å². The minimum Gasteiger partial charge on any atom is -0.465 e. The van der Waals surface area contributed by atoms with Gasteiger partial charge in [-0.3, -0.25) is 0 Å². The Kier molecular flexibility index (Phi) is 6.84. The van der Waals surface area contributed by atoms with Crippen molar-refractivity contribution >= 4 is 15.8 Å². The Morgan fingerprint density at radius 2 is 1.50 bits per heavy atom. The van der Waals surface area contributed by atoms with E-state index in [1.807, 2.05) is 13.8 Å². The normalized spacial score (nSPS) is 23.2. The number of sulfone groups is 1. The van der Waals surface area contributed by atoms with Gasteiger partial charge >= 0.3 is 5.97 Å². The second kappa shape index (κ2) is 8.52. The van der Waals surface area contributed by atoms with Crippen LogP contribution in [0.25, 0.3) is 0 Å². The highest BCUT2D eigenvalue weighted by atomic mass is 32.2. The molecule has 0 bridgehead atoms. The third-order valence-corrected chi connectivity index (χ3v) is 9.33. The number of hydrogen-bond acceptors (Lipinski definition) is 5. The lowest BCUT2D eigenvalue weighted by Gasteiger charge is -2.44. The molecule has 0 aromatic heterocycles. The highest BCUT2D eigenvalue weighted by Crippen LogP contribution is 2.52. The van der Waals surface area contributed by atoms with Crippen LogP contribution in [0.4, 0.5) is 0 Å². The van der Waals surface area contributed by atoms with Gasteiger partial charge in [0, 0.05) is 11.3 Å². The number of carbonyl (C=O) groups excluding carboxylic acids is 1. The predicted octanol–water partition coefficient (Wildman–Crippen LogP) is 4.58. The van der Waals surface area contributed by atoms with E-state index < -0.39 is 38.0 Å². The van der Waals surface area contributed by atoms with E-state index in [9.17, 15) is 18.3 Å². The fraction of sp³-hybridized carbons (Fsp3) is 0.458. The summed E-state index contributed by atoms with van der Waals surface area (Å²) in [6.45, 7) is 10.9. The van der Waals surface area contributed by atoms with Crippen LogP contribution in [0.15, 0.2) is 53.4 Å². The first-order chi connectivity index (χ1) is 14.0. The number of esters is 1. The van der Waals surface area contributed by atoms with Gasteiger partial charge in [0.15, 0.2) is 9.84 Å². The highest BCUT2D eigenvalue weighted by Gasteiger charge is 2.57. The molecule has 164 valence electrons. The van der Waals surface area contributed by atoms with Crippen molar-refractivity contribution in [3.8, 4) is 0 Å². The Morgan fingerprint density at radius 3 is 2.03 bits per heavy atom. The second-order valence-corrected chi connectivity index (χ2v) is 10.8. The first kappa shape index (κ1) is 24.1. The van der Waals surface area contributed by atoms with Crippen molar-refractivity contribution < 1.29 is 23.1 Å². The third-order valence-electron chi connectivity index (χ3n) is 6.51. The van der Waals surface area contributed by atoms with Gasteiger partial charge in [0.05, 0.1) is 28.4 Å². The van der Waals surface area contributed by atoms with E-state index in [-0.39, 0.29) is 4.90 Å². The molecule has 2 atom stereocenters. The summed E-state index contributed by atoms with van der Waals surface area (Å²) in [4.78, 5) is 12.0. The van der Waals surface area contributed by atoms with Crippen LogP contribution in [-0.2, 0) is 14.6 Å². The maximum absolute atomic E-state index is 13.5. The standard InChI is InChI=1S/C22H26O5S.C2H6/c1-21(2)19(23)18(14-10-12-15(13-11-14)20(24)27-5)16-8-6-7-9-17(16)28(25,26)22(21,3)4;1-2/h6-13,18-19,23H,1-5H3;1-2H3/t18-,19?;/m0./s1. The van der Waals surface area contributed by atoms with Crippen molar-refractivity contribution in [2.75, 3.05) is 7.11 Å². The van der Waals surface area contributed by atoms with Crippen molar-refractivity contribution in [1.29, 1.82) is 0 Å². The van der Waals surface area contributed by atoms with Crippen LogP contribution >= 0.6 is 0 Å². The quantitative estimate of drug-likeness (QED) is 0.703. The van der Waals surface area contributed by atoms with Crippen LogP contribution in [0.3, 0.4) is 0 Å². The summed E-state index contributed by atoms with van der Waals surface area (Å²) in [6.07, 6.45) is -0.954. The van der Waals surface area contributed by atoms with E-state index in [2.05, 4.69) is 0 Å². The molecule has 0 radical (unpaired) electrons. The Bertz CT molecular complexity index is 1000. The molecular weight excluding hydrogens is 400 g/mol. The zero-order valence-corrected chi connectivity index (χ0v) is 19.6. The summed E-state index contributed by atoms with van der Waals surface area (Å²) in [5.41, 5.74) is 0.777. The van der Waals surface area contributed by atoms with E-state index in [1.54, 1.807) is 76.2 Å². The maximum atomic E-state index is 13.5. The molecule has 1 unspecified atom stereocenters. The lowest BCUT2D eigenvalue weighted by atomic mass is 9.68. The zero-order chi connectivity index (χ0) is 22.9. The van der Waals surface area contributed by atoms with Crippen molar-refractivity contribution in [3.63, 3.8) is 0 Å². The van der Waals surface area contributed by atoms with Crippen molar-refractivity contribution in [3.05, 3.63) is 65.2 Å². The van der Waals surface area contributed by atoms with Gasteiger partial charge in [-0.25, -0.2) is 13.2 Å². The van der Waals surface area contributed by atoms with Crippen LogP contribution in [-0.4, -0.2) is 37.5 Å². The molecule has 0 aliphatic carbocycles. The molecule has 0 spiro atoms. The molecule has 0 amide bonds. The van der Waals surface area contributed by atoms with Crippen molar-refractivity contribution in [1.82, 2.24) is 0 Å². The molecule has 1 aliphatic rings. The number of ether oxygens (including phenoxy) is 1. The highest BCUT2D eigenvalue weighted by molar-refractivity contribution is 7.93. The molecule has 0 saturated heterocycles. The lowest BCUT2D eigenvalue weighted by molar-refractivity contribution is 0.0166. The third kappa shape index (κ3) is 3.56.